The maximum atomic E-state index is 11.4. The van der Waals surface area contributed by atoms with E-state index in [1.54, 1.807) is 0 Å². The number of hydrogen-bond donors (Lipinski definition) is 2. The van der Waals surface area contributed by atoms with Crippen molar-refractivity contribution in [1.29, 1.82) is 0 Å². The van der Waals surface area contributed by atoms with Crippen molar-refractivity contribution in [2.75, 3.05) is 6.54 Å². The second-order valence-electron chi connectivity index (χ2n) is 4.61. The van der Waals surface area contributed by atoms with E-state index in [-0.39, 0.29) is 0 Å². The molecule has 0 radical (unpaired) electrons. The molecular formula is C14H18N2O2. The van der Waals surface area contributed by atoms with Gasteiger partial charge in [0.1, 0.15) is 0 Å². The van der Waals surface area contributed by atoms with Crippen LogP contribution in [0.1, 0.15) is 27.9 Å². The molecule has 0 spiro atoms. The fourth-order valence-electron chi connectivity index (χ4n) is 2.38. The number of carbonyl (C=O) groups is 1. The van der Waals surface area contributed by atoms with Gasteiger partial charge in [-0.2, -0.15) is 0 Å². The van der Waals surface area contributed by atoms with E-state index < -0.39 is 5.97 Å². The van der Waals surface area contributed by atoms with Crippen molar-refractivity contribution in [3.63, 3.8) is 0 Å². The average molecular weight is 246 g/mol. The summed E-state index contributed by atoms with van der Waals surface area (Å²) in [6, 6.07) is 3.86. The molecule has 0 aliphatic carbocycles. The van der Waals surface area contributed by atoms with E-state index >= 15 is 0 Å². The number of aryl methyl sites for hydroxylation is 3. The smallest absolute Gasteiger partial charge is 0.338 e. The van der Waals surface area contributed by atoms with Crippen molar-refractivity contribution in [1.82, 2.24) is 4.57 Å². The van der Waals surface area contributed by atoms with Crippen molar-refractivity contribution in [3.8, 4) is 0 Å². The highest BCUT2D eigenvalue weighted by Gasteiger charge is 2.16. The molecule has 0 atom stereocenters. The number of aromatic nitrogens is 1. The molecule has 0 unspecified atom stereocenters. The van der Waals surface area contributed by atoms with Gasteiger partial charge in [-0.3, -0.25) is 0 Å². The SMILES string of the molecule is Cc1ccc2c(C)cn(CCCN)c2c1C(=O)O. The fraction of sp³-hybridized carbons (Fsp3) is 0.357. The molecule has 0 bridgehead atoms. The lowest BCUT2D eigenvalue weighted by molar-refractivity contribution is 0.0698. The van der Waals surface area contributed by atoms with Gasteiger partial charge in [-0.25, -0.2) is 4.79 Å². The van der Waals surface area contributed by atoms with Crippen LogP contribution in [0.3, 0.4) is 0 Å². The molecule has 0 amide bonds. The lowest BCUT2D eigenvalue weighted by atomic mass is 10.0. The van der Waals surface area contributed by atoms with E-state index in [1.165, 1.54) is 0 Å². The largest absolute Gasteiger partial charge is 0.478 e. The molecule has 96 valence electrons. The van der Waals surface area contributed by atoms with Gasteiger partial charge < -0.3 is 15.4 Å². The first-order valence-corrected chi connectivity index (χ1v) is 6.08. The number of rotatable bonds is 4. The molecule has 18 heavy (non-hydrogen) atoms. The van der Waals surface area contributed by atoms with Crippen LogP contribution in [0, 0.1) is 13.8 Å². The number of aromatic carboxylic acids is 1. The first-order valence-electron chi connectivity index (χ1n) is 6.08. The van der Waals surface area contributed by atoms with Crippen molar-refractivity contribution in [2.24, 2.45) is 5.73 Å². The molecule has 1 aromatic carbocycles. The summed E-state index contributed by atoms with van der Waals surface area (Å²) in [5, 5.41) is 10.4. The van der Waals surface area contributed by atoms with Crippen molar-refractivity contribution >= 4 is 16.9 Å². The standard InChI is InChI=1S/C14H18N2O2/c1-9-4-5-11-10(2)8-16(7-3-6-15)13(11)12(9)14(17)18/h4-5,8H,3,6-7,15H2,1-2H3,(H,17,18). The van der Waals surface area contributed by atoms with Gasteiger partial charge in [0.25, 0.3) is 0 Å². The Bertz CT molecular complexity index is 599. The summed E-state index contributed by atoms with van der Waals surface area (Å²) in [6.45, 7) is 5.19. The van der Waals surface area contributed by atoms with Crippen LogP contribution in [0.25, 0.3) is 10.9 Å². The minimum Gasteiger partial charge on any atom is -0.478 e. The van der Waals surface area contributed by atoms with E-state index in [1.807, 2.05) is 36.7 Å². The Hall–Kier alpha value is -1.81. The summed E-state index contributed by atoms with van der Waals surface area (Å²) >= 11 is 0. The predicted molar refractivity (Wildman–Crippen MR) is 72.0 cm³/mol. The summed E-state index contributed by atoms with van der Waals surface area (Å²) in [5.41, 5.74) is 8.63. The minimum absolute atomic E-state index is 0.401. The van der Waals surface area contributed by atoms with Gasteiger partial charge in [-0.05, 0) is 37.9 Å². The van der Waals surface area contributed by atoms with Crippen molar-refractivity contribution in [2.45, 2.75) is 26.8 Å². The molecule has 1 heterocycles. The van der Waals surface area contributed by atoms with Gasteiger partial charge in [0.15, 0.2) is 0 Å². The van der Waals surface area contributed by atoms with Crippen LogP contribution in [0.2, 0.25) is 0 Å². The molecule has 0 aliphatic rings. The molecule has 2 aromatic rings. The average Bonchev–Trinajstić information content (AvgIpc) is 2.63. The Morgan fingerprint density at radius 2 is 2.06 bits per heavy atom. The van der Waals surface area contributed by atoms with Crippen molar-refractivity contribution < 1.29 is 9.90 Å². The summed E-state index contributed by atoms with van der Waals surface area (Å²) in [6.07, 6.45) is 2.85. The Morgan fingerprint density at radius 1 is 1.33 bits per heavy atom. The Morgan fingerprint density at radius 3 is 2.67 bits per heavy atom. The van der Waals surface area contributed by atoms with E-state index in [0.717, 1.165) is 35.0 Å². The predicted octanol–water partition coefficient (Wildman–Crippen LogP) is 2.31. The zero-order valence-electron chi connectivity index (χ0n) is 10.7. The molecule has 1 aromatic heterocycles. The molecule has 0 aliphatic heterocycles. The first kappa shape index (κ1) is 12.6. The monoisotopic (exact) mass is 246 g/mol. The van der Waals surface area contributed by atoms with Crippen LogP contribution < -0.4 is 5.73 Å². The van der Waals surface area contributed by atoms with Crippen LogP contribution in [0.15, 0.2) is 18.3 Å². The second-order valence-corrected chi connectivity index (χ2v) is 4.61. The molecule has 0 saturated heterocycles. The lowest BCUT2D eigenvalue weighted by Crippen LogP contribution is -2.08. The van der Waals surface area contributed by atoms with Crippen LogP contribution in [-0.2, 0) is 6.54 Å². The molecule has 4 heteroatoms. The summed E-state index contributed by atoms with van der Waals surface area (Å²) in [4.78, 5) is 11.4. The van der Waals surface area contributed by atoms with Gasteiger partial charge >= 0.3 is 5.97 Å². The highest BCUT2D eigenvalue weighted by Crippen LogP contribution is 2.27. The van der Waals surface area contributed by atoms with Crippen LogP contribution in [0.5, 0.6) is 0 Å². The van der Waals surface area contributed by atoms with E-state index in [0.29, 0.717) is 12.1 Å². The third-order valence-corrected chi connectivity index (χ3v) is 3.26. The zero-order chi connectivity index (χ0) is 13.3. The third kappa shape index (κ3) is 1.99. The van der Waals surface area contributed by atoms with Gasteiger partial charge in [0.05, 0.1) is 11.1 Å². The normalized spacial score (nSPS) is 11.1. The molecule has 3 N–H and O–H groups in total. The van der Waals surface area contributed by atoms with Crippen LogP contribution in [-0.4, -0.2) is 22.2 Å². The Labute approximate surface area is 106 Å². The van der Waals surface area contributed by atoms with Gasteiger partial charge in [0.2, 0.25) is 0 Å². The van der Waals surface area contributed by atoms with E-state index in [9.17, 15) is 9.90 Å². The first-order chi connectivity index (χ1) is 8.56. The van der Waals surface area contributed by atoms with E-state index in [4.69, 9.17) is 5.73 Å². The number of fused-ring (bicyclic) bond motifs is 1. The van der Waals surface area contributed by atoms with E-state index in [2.05, 4.69) is 0 Å². The van der Waals surface area contributed by atoms with Gasteiger partial charge in [-0.1, -0.05) is 12.1 Å². The summed E-state index contributed by atoms with van der Waals surface area (Å²) in [5.74, 6) is -0.870. The lowest BCUT2D eigenvalue weighted by Gasteiger charge is -2.09. The Kier molecular flexibility index (Phi) is 3.39. The molecule has 2 rings (SSSR count). The van der Waals surface area contributed by atoms with Crippen LogP contribution >= 0.6 is 0 Å². The second kappa shape index (κ2) is 4.82. The topological polar surface area (TPSA) is 68.2 Å². The van der Waals surface area contributed by atoms with Gasteiger partial charge in [0, 0.05) is 18.1 Å². The Balaban J connectivity index is 2.72. The number of nitrogens with zero attached hydrogens (tertiary/aromatic N) is 1. The maximum Gasteiger partial charge on any atom is 0.338 e. The minimum atomic E-state index is -0.870. The quantitative estimate of drug-likeness (QED) is 0.869. The number of carboxylic acids is 1. The maximum absolute atomic E-state index is 11.4. The summed E-state index contributed by atoms with van der Waals surface area (Å²) < 4.78 is 2.01. The highest BCUT2D eigenvalue weighted by molar-refractivity contribution is 6.04. The highest BCUT2D eigenvalue weighted by atomic mass is 16.4. The number of hydrogen-bond acceptors (Lipinski definition) is 2. The van der Waals surface area contributed by atoms with Gasteiger partial charge in [-0.15, -0.1) is 0 Å². The third-order valence-electron chi connectivity index (χ3n) is 3.26. The fourth-order valence-corrected chi connectivity index (χ4v) is 2.38. The summed E-state index contributed by atoms with van der Waals surface area (Å²) in [7, 11) is 0. The molecular weight excluding hydrogens is 228 g/mol. The number of nitrogens with two attached hydrogens (primary N) is 1. The molecule has 0 saturated carbocycles. The van der Waals surface area contributed by atoms with Crippen LogP contribution in [0.4, 0.5) is 0 Å². The molecule has 4 nitrogen and oxygen atoms in total. The number of benzene rings is 1. The number of carboxylic acid groups (broad SMARTS) is 1. The van der Waals surface area contributed by atoms with Crippen molar-refractivity contribution in [3.05, 3.63) is 35.0 Å². The molecule has 0 fully saturated rings. The zero-order valence-corrected chi connectivity index (χ0v) is 10.7.